The summed E-state index contributed by atoms with van der Waals surface area (Å²) in [5.74, 6) is 3.64. The highest BCUT2D eigenvalue weighted by molar-refractivity contribution is 6.30. The highest BCUT2D eigenvalue weighted by Crippen LogP contribution is 2.56. The third-order valence-corrected chi connectivity index (χ3v) is 6.62. The first kappa shape index (κ1) is 16.5. The number of rotatable bonds is 2. The second-order valence-corrected chi connectivity index (χ2v) is 8.77. The fourth-order valence-electron chi connectivity index (χ4n) is 5.09. The van der Waals surface area contributed by atoms with Gasteiger partial charge in [0.15, 0.2) is 5.82 Å². The molecule has 2 aliphatic heterocycles. The van der Waals surface area contributed by atoms with Gasteiger partial charge in [-0.2, -0.15) is 0 Å². The molecule has 1 saturated carbocycles. The smallest absolute Gasteiger partial charge is 0.151 e. The zero-order valence-corrected chi connectivity index (χ0v) is 16.2. The van der Waals surface area contributed by atoms with Gasteiger partial charge in [-0.05, 0) is 48.7 Å². The molecule has 0 atom stereocenters. The molecule has 1 aliphatic carbocycles. The summed E-state index contributed by atoms with van der Waals surface area (Å²) < 4.78 is 2.26. The topological polar surface area (TPSA) is 58.9 Å². The van der Waals surface area contributed by atoms with Gasteiger partial charge in [0, 0.05) is 42.2 Å². The first-order valence-corrected chi connectivity index (χ1v) is 10.2. The van der Waals surface area contributed by atoms with E-state index < -0.39 is 0 Å². The van der Waals surface area contributed by atoms with Gasteiger partial charge in [-0.3, -0.25) is 4.57 Å². The highest BCUT2D eigenvalue weighted by atomic mass is 35.5. The maximum atomic E-state index is 6.22. The number of fused-ring (bicyclic) bond motifs is 3. The average Bonchev–Trinajstić information content (AvgIpc) is 2.95. The van der Waals surface area contributed by atoms with Crippen molar-refractivity contribution in [2.75, 3.05) is 18.0 Å². The number of pyridine rings is 1. The lowest BCUT2D eigenvalue weighted by atomic mass is 9.57. The molecule has 1 saturated heterocycles. The Bertz CT molecular complexity index is 1030. The second-order valence-electron chi connectivity index (χ2n) is 8.34. The Hall–Kier alpha value is -2.44. The predicted molar refractivity (Wildman–Crippen MR) is 108 cm³/mol. The molecule has 3 aromatic rings. The molecule has 28 heavy (non-hydrogen) atoms. The zero-order valence-electron chi connectivity index (χ0n) is 15.5. The minimum atomic E-state index is 0.417. The number of hydrogen-bond donors (Lipinski definition) is 1. The Balaban J connectivity index is 1.24. The number of benzene rings is 1. The lowest BCUT2D eigenvalue weighted by Crippen LogP contribution is -2.62. The molecule has 7 heteroatoms. The molecular formula is C21H21ClN6. The maximum Gasteiger partial charge on any atom is 0.151 e. The van der Waals surface area contributed by atoms with Crippen LogP contribution in [0.25, 0.3) is 5.69 Å². The van der Waals surface area contributed by atoms with Crippen molar-refractivity contribution in [2.45, 2.75) is 31.8 Å². The second kappa shape index (κ2) is 6.03. The number of hydrogen-bond acceptors (Lipinski definition) is 5. The van der Waals surface area contributed by atoms with Crippen LogP contribution in [0, 0.1) is 5.41 Å². The van der Waals surface area contributed by atoms with E-state index in [4.69, 9.17) is 11.6 Å². The fraction of sp³-hybridized carbons (Fsp3) is 0.381. The van der Waals surface area contributed by atoms with Crippen LogP contribution in [0.5, 0.6) is 0 Å². The van der Waals surface area contributed by atoms with Crippen molar-refractivity contribution in [3.05, 3.63) is 64.8 Å². The molecule has 0 bridgehead atoms. The van der Waals surface area contributed by atoms with Crippen LogP contribution < -0.4 is 10.2 Å². The lowest BCUT2D eigenvalue weighted by Gasteiger charge is -2.59. The van der Waals surface area contributed by atoms with E-state index in [1.54, 1.807) is 0 Å². The van der Waals surface area contributed by atoms with Crippen molar-refractivity contribution in [3.63, 3.8) is 0 Å². The SMILES string of the molecule is Clc1ccc2c(c1)CNCc1nnc(C3CC4(C3)CN(c3ccccn3)C4)n1-2. The minimum absolute atomic E-state index is 0.417. The van der Waals surface area contributed by atoms with E-state index in [0.29, 0.717) is 11.3 Å². The van der Waals surface area contributed by atoms with E-state index in [9.17, 15) is 0 Å². The largest absolute Gasteiger partial charge is 0.355 e. The van der Waals surface area contributed by atoms with E-state index in [0.717, 1.165) is 54.4 Å². The summed E-state index contributed by atoms with van der Waals surface area (Å²) in [7, 11) is 0. The van der Waals surface area contributed by atoms with Crippen LogP contribution in [-0.4, -0.2) is 32.8 Å². The van der Waals surface area contributed by atoms with Crippen LogP contribution in [0.3, 0.4) is 0 Å². The molecule has 3 aliphatic rings. The van der Waals surface area contributed by atoms with Crippen molar-refractivity contribution in [1.29, 1.82) is 0 Å². The minimum Gasteiger partial charge on any atom is -0.355 e. The zero-order chi connectivity index (χ0) is 18.7. The highest BCUT2D eigenvalue weighted by Gasteiger charge is 2.54. The molecule has 2 fully saturated rings. The van der Waals surface area contributed by atoms with Gasteiger partial charge in [-0.15, -0.1) is 10.2 Å². The van der Waals surface area contributed by atoms with Crippen LogP contribution >= 0.6 is 11.6 Å². The van der Waals surface area contributed by atoms with Crippen LogP contribution in [0.1, 0.15) is 36.0 Å². The number of halogens is 1. The molecule has 2 aromatic heterocycles. The van der Waals surface area contributed by atoms with Crippen molar-refractivity contribution in [2.24, 2.45) is 5.41 Å². The first-order valence-electron chi connectivity index (χ1n) is 9.81. The van der Waals surface area contributed by atoms with Gasteiger partial charge in [0.25, 0.3) is 0 Å². The van der Waals surface area contributed by atoms with Crippen molar-refractivity contribution >= 4 is 17.4 Å². The van der Waals surface area contributed by atoms with Gasteiger partial charge in [-0.25, -0.2) is 4.98 Å². The monoisotopic (exact) mass is 392 g/mol. The molecule has 0 amide bonds. The van der Waals surface area contributed by atoms with Crippen LogP contribution in [0.4, 0.5) is 5.82 Å². The Morgan fingerprint density at radius 1 is 1.07 bits per heavy atom. The molecule has 6 rings (SSSR count). The van der Waals surface area contributed by atoms with Crippen LogP contribution in [-0.2, 0) is 13.1 Å². The van der Waals surface area contributed by atoms with Gasteiger partial charge in [0.2, 0.25) is 0 Å². The summed E-state index contributed by atoms with van der Waals surface area (Å²) in [5.41, 5.74) is 2.78. The summed E-state index contributed by atoms with van der Waals surface area (Å²) in [4.78, 5) is 6.85. The third kappa shape index (κ3) is 2.48. The number of anilines is 1. The lowest BCUT2D eigenvalue weighted by molar-refractivity contribution is 0.0582. The first-order chi connectivity index (χ1) is 13.7. The quantitative estimate of drug-likeness (QED) is 0.725. The summed E-state index contributed by atoms with van der Waals surface area (Å²) in [5, 5.41) is 13.3. The normalized spacial score (nSPS) is 20.1. The average molecular weight is 393 g/mol. The molecule has 0 radical (unpaired) electrons. The van der Waals surface area contributed by atoms with Gasteiger partial charge in [0.05, 0.1) is 12.2 Å². The standard InChI is InChI=1S/C21H21ClN6/c22-16-4-5-17-14(7-16)10-23-11-19-25-26-20(28(17)19)15-8-21(9-15)12-27(13-21)18-3-1-2-6-24-18/h1-7,15,23H,8-13H2. The molecular weight excluding hydrogens is 372 g/mol. The van der Waals surface area contributed by atoms with E-state index in [2.05, 4.69) is 48.2 Å². The van der Waals surface area contributed by atoms with Crippen molar-refractivity contribution < 1.29 is 0 Å². The number of nitrogens with zero attached hydrogens (tertiary/aromatic N) is 5. The molecule has 6 nitrogen and oxygen atoms in total. The van der Waals surface area contributed by atoms with Gasteiger partial charge < -0.3 is 10.2 Å². The summed E-state index contributed by atoms with van der Waals surface area (Å²) >= 11 is 6.22. The van der Waals surface area contributed by atoms with Gasteiger partial charge in [0.1, 0.15) is 11.6 Å². The molecule has 4 heterocycles. The molecule has 1 spiro atoms. The van der Waals surface area contributed by atoms with Gasteiger partial charge >= 0.3 is 0 Å². The fourth-order valence-corrected chi connectivity index (χ4v) is 5.28. The summed E-state index contributed by atoms with van der Waals surface area (Å²) in [6, 6.07) is 12.2. The van der Waals surface area contributed by atoms with Crippen molar-refractivity contribution in [1.82, 2.24) is 25.1 Å². The Labute approximate surface area is 168 Å². The number of aromatic nitrogens is 4. The van der Waals surface area contributed by atoms with E-state index >= 15 is 0 Å². The Morgan fingerprint density at radius 2 is 1.96 bits per heavy atom. The summed E-state index contributed by atoms with van der Waals surface area (Å²) in [6.45, 7) is 3.71. The molecule has 0 unspecified atom stereocenters. The molecule has 142 valence electrons. The number of nitrogens with one attached hydrogen (secondary N) is 1. The third-order valence-electron chi connectivity index (χ3n) is 6.39. The predicted octanol–water partition coefficient (Wildman–Crippen LogP) is 3.30. The maximum absolute atomic E-state index is 6.22. The van der Waals surface area contributed by atoms with Crippen LogP contribution in [0.2, 0.25) is 5.02 Å². The van der Waals surface area contributed by atoms with Gasteiger partial charge in [-0.1, -0.05) is 17.7 Å². The molecule has 1 N–H and O–H groups in total. The van der Waals surface area contributed by atoms with E-state index in [1.807, 2.05) is 24.4 Å². The Kier molecular flexibility index (Phi) is 3.55. The molecule has 1 aromatic carbocycles. The van der Waals surface area contributed by atoms with Crippen LogP contribution in [0.15, 0.2) is 42.6 Å². The van der Waals surface area contributed by atoms with Crippen molar-refractivity contribution in [3.8, 4) is 5.69 Å². The summed E-state index contributed by atoms with van der Waals surface area (Å²) in [6.07, 6.45) is 4.21. The Morgan fingerprint density at radius 3 is 2.79 bits per heavy atom. The van der Waals surface area contributed by atoms with E-state index in [-0.39, 0.29) is 0 Å². The van der Waals surface area contributed by atoms with E-state index in [1.165, 1.54) is 18.4 Å².